The standard InChI is InChI=1S/C24H15FN6O/c25-16-9-15(10-17(32)12-16)18-5-8-27-23-21(18)28-24(29-23)22-19-11-14(1-2-20(19)30-31-22)13-3-6-26-7-4-13/h1-12,32H,(H,30,31)(H,27,28,29). The van der Waals surface area contributed by atoms with E-state index in [4.69, 9.17) is 0 Å². The maximum Gasteiger partial charge on any atom is 0.178 e. The molecule has 4 heterocycles. The van der Waals surface area contributed by atoms with E-state index < -0.39 is 5.82 Å². The van der Waals surface area contributed by atoms with Crippen molar-refractivity contribution in [2.45, 2.75) is 0 Å². The van der Waals surface area contributed by atoms with E-state index in [1.54, 1.807) is 24.7 Å². The number of halogens is 1. The van der Waals surface area contributed by atoms with Crippen LogP contribution in [0.3, 0.4) is 0 Å². The van der Waals surface area contributed by atoms with E-state index >= 15 is 0 Å². The van der Waals surface area contributed by atoms with Crippen LogP contribution in [0, 0.1) is 5.82 Å². The van der Waals surface area contributed by atoms with Crippen LogP contribution in [0.5, 0.6) is 5.75 Å². The molecule has 0 saturated carbocycles. The van der Waals surface area contributed by atoms with Gasteiger partial charge in [0.1, 0.15) is 17.3 Å². The molecule has 0 aliphatic carbocycles. The second-order valence-electron chi connectivity index (χ2n) is 7.41. The number of hydrogen-bond donors (Lipinski definition) is 3. The van der Waals surface area contributed by atoms with Crippen molar-refractivity contribution in [1.82, 2.24) is 30.1 Å². The van der Waals surface area contributed by atoms with Crippen molar-refractivity contribution in [2.75, 3.05) is 0 Å². The molecule has 0 aliphatic rings. The summed E-state index contributed by atoms with van der Waals surface area (Å²) < 4.78 is 13.9. The van der Waals surface area contributed by atoms with Crippen LogP contribution < -0.4 is 0 Å². The molecule has 0 bridgehead atoms. The quantitative estimate of drug-likeness (QED) is 0.369. The van der Waals surface area contributed by atoms with Gasteiger partial charge in [0, 0.05) is 35.6 Å². The van der Waals surface area contributed by atoms with E-state index in [0.717, 1.165) is 28.1 Å². The summed E-state index contributed by atoms with van der Waals surface area (Å²) in [4.78, 5) is 16.3. The first-order valence-corrected chi connectivity index (χ1v) is 9.89. The number of aromatic hydroxyl groups is 1. The van der Waals surface area contributed by atoms with Gasteiger partial charge in [-0.15, -0.1) is 0 Å². The molecule has 32 heavy (non-hydrogen) atoms. The van der Waals surface area contributed by atoms with Crippen LogP contribution >= 0.6 is 0 Å². The average Bonchev–Trinajstić information content (AvgIpc) is 3.42. The van der Waals surface area contributed by atoms with Gasteiger partial charge < -0.3 is 10.1 Å². The summed E-state index contributed by atoms with van der Waals surface area (Å²) in [6.45, 7) is 0. The van der Waals surface area contributed by atoms with Gasteiger partial charge in [0.15, 0.2) is 11.5 Å². The van der Waals surface area contributed by atoms with Crippen molar-refractivity contribution in [3.8, 4) is 39.5 Å². The number of rotatable bonds is 3. The Kier molecular flexibility index (Phi) is 3.97. The summed E-state index contributed by atoms with van der Waals surface area (Å²) in [6.07, 6.45) is 5.12. The summed E-state index contributed by atoms with van der Waals surface area (Å²) in [7, 11) is 0. The van der Waals surface area contributed by atoms with Crippen molar-refractivity contribution >= 4 is 22.1 Å². The Morgan fingerprint density at radius 1 is 0.844 bits per heavy atom. The van der Waals surface area contributed by atoms with E-state index in [0.29, 0.717) is 33.8 Å². The third kappa shape index (κ3) is 2.97. The smallest absolute Gasteiger partial charge is 0.178 e. The molecule has 8 heteroatoms. The molecule has 154 valence electrons. The minimum absolute atomic E-state index is 0.147. The maximum absolute atomic E-state index is 13.9. The number of phenolic OH excluding ortho intramolecular Hbond substituents is 1. The molecule has 4 aromatic heterocycles. The van der Waals surface area contributed by atoms with Crippen molar-refractivity contribution < 1.29 is 9.50 Å². The topological polar surface area (TPSA) is 103 Å². The highest BCUT2D eigenvalue weighted by Gasteiger charge is 2.17. The summed E-state index contributed by atoms with van der Waals surface area (Å²) >= 11 is 0. The number of pyridine rings is 2. The monoisotopic (exact) mass is 422 g/mol. The Hall–Kier alpha value is -4.59. The lowest BCUT2D eigenvalue weighted by Crippen LogP contribution is -1.85. The summed E-state index contributed by atoms with van der Waals surface area (Å²) in [6, 6.07) is 15.6. The van der Waals surface area contributed by atoms with Gasteiger partial charge in [-0.1, -0.05) is 6.07 Å². The molecule has 0 atom stereocenters. The highest BCUT2D eigenvalue weighted by Crippen LogP contribution is 2.33. The van der Waals surface area contributed by atoms with E-state index in [1.807, 2.05) is 24.3 Å². The zero-order valence-electron chi connectivity index (χ0n) is 16.5. The van der Waals surface area contributed by atoms with Crippen LogP contribution in [0.1, 0.15) is 0 Å². The molecule has 7 nitrogen and oxygen atoms in total. The van der Waals surface area contributed by atoms with Gasteiger partial charge in [0.25, 0.3) is 0 Å². The van der Waals surface area contributed by atoms with Crippen LogP contribution in [-0.4, -0.2) is 35.2 Å². The zero-order chi connectivity index (χ0) is 21.7. The first kappa shape index (κ1) is 18.2. The van der Waals surface area contributed by atoms with Crippen LogP contribution in [0.25, 0.3) is 55.8 Å². The predicted octanol–water partition coefficient (Wildman–Crippen LogP) is 5.07. The maximum atomic E-state index is 13.9. The van der Waals surface area contributed by atoms with Gasteiger partial charge >= 0.3 is 0 Å². The van der Waals surface area contributed by atoms with Crippen LogP contribution in [-0.2, 0) is 0 Å². The largest absolute Gasteiger partial charge is 0.508 e. The van der Waals surface area contributed by atoms with E-state index in [9.17, 15) is 9.50 Å². The minimum atomic E-state index is -0.522. The number of fused-ring (bicyclic) bond motifs is 2. The third-order valence-electron chi connectivity index (χ3n) is 5.39. The fourth-order valence-corrected chi connectivity index (χ4v) is 3.91. The number of nitrogens with zero attached hydrogens (tertiary/aromatic N) is 4. The number of aromatic nitrogens is 6. The summed E-state index contributed by atoms with van der Waals surface area (Å²) in [5, 5.41) is 18.2. The molecule has 0 spiro atoms. The molecule has 6 rings (SSSR count). The normalized spacial score (nSPS) is 11.4. The summed E-state index contributed by atoms with van der Waals surface area (Å²) in [5.74, 6) is -0.128. The predicted molar refractivity (Wildman–Crippen MR) is 119 cm³/mol. The molecule has 0 fully saturated rings. The number of imidazole rings is 1. The van der Waals surface area contributed by atoms with E-state index in [2.05, 4.69) is 36.2 Å². The summed E-state index contributed by atoms with van der Waals surface area (Å²) in [5.41, 5.74) is 5.93. The zero-order valence-corrected chi connectivity index (χ0v) is 16.5. The molecule has 0 aliphatic heterocycles. The Bertz CT molecular complexity index is 1590. The van der Waals surface area contributed by atoms with Crippen molar-refractivity contribution in [3.05, 3.63) is 79.0 Å². The number of hydrogen-bond acceptors (Lipinski definition) is 5. The molecule has 2 aromatic carbocycles. The van der Waals surface area contributed by atoms with E-state index in [1.165, 1.54) is 12.1 Å². The Morgan fingerprint density at radius 3 is 2.56 bits per heavy atom. The van der Waals surface area contributed by atoms with Crippen molar-refractivity contribution in [2.24, 2.45) is 0 Å². The van der Waals surface area contributed by atoms with Gasteiger partial charge in [-0.2, -0.15) is 5.10 Å². The average molecular weight is 422 g/mol. The first-order valence-electron chi connectivity index (χ1n) is 9.89. The van der Waals surface area contributed by atoms with Crippen molar-refractivity contribution in [3.63, 3.8) is 0 Å². The lowest BCUT2D eigenvalue weighted by molar-refractivity contribution is 0.469. The molecule has 6 aromatic rings. The Balaban J connectivity index is 1.52. The lowest BCUT2D eigenvalue weighted by atomic mass is 10.0. The Morgan fingerprint density at radius 2 is 1.72 bits per heavy atom. The van der Waals surface area contributed by atoms with Gasteiger partial charge in [-0.3, -0.25) is 10.1 Å². The Labute approximate surface area is 180 Å². The number of H-pyrrole nitrogens is 2. The number of aromatic amines is 2. The van der Waals surface area contributed by atoms with Crippen molar-refractivity contribution in [1.29, 1.82) is 0 Å². The number of phenols is 1. The van der Waals surface area contributed by atoms with Gasteiger partial charge in [-0.25, -0.2) is 14.4 Å². The highest BCUT2D eigenvalue weighted by molar-refractivity contribution is 5.97. The molecular weight excluding hydrogens is 407 g/mol. The van der Waals surface area contributed by atoms with Gasteiger partial charge in [0.05, 0.1) is 11.0 Å². The number of nitrogens with one attached hydrogen (secondary N) is 2. The molecular formula is C24H15FN6O. The highest BCUT2D eigenvalue weighted by atomic mass is 19.1. The van der Waals surface area contributed by atoms with Crippen LogP contribution in [0.2, 0.25) is 0 Å². The number of benzene rings is 2. The molecule has 0 radical (unpaired) electrons. The van der Waals surface area contributed by atoms with Gasteiger partial charge in [0.2, 0.25) is 0 Å². The molecule has 0 amide bonds. The lowest BCUT2D eigenvalue weighted by Gasteiger charge is -2.04. The third-order valence-corrected chi connectivity index (χ3v) is 5.39. The minimum Gasteiger partial charge on any atom is -0.508 e. The van der Waals surface area contributed by atoms with Crippen LogP contribution in [0.4, 0.5) is 4.39 Å². The van der Waals surface area contributed by atoms with Crippen LogP contribution in [0.15, 0.2) is 73.2 Å². The molecule has 0 unspecified atom stereocenters. The fraction of sp³-hybridized carbons (Fsp3) is 0. The second kappa shape index (κ2) is 6.98. The van der Waals surface area contributed by atoms with Gasteiger partial charge in [-0.05, 0) is 59.2 Å². The second-order valence-corrected chi connectivity index (χ2v) is 7.41. The molecule has 3 N–H and O–H groups in total. The SMILES string of the molecule is Oc1cc(F)cc(-c2ccnc3nc(-c4n[nH]c5ccc(-c6ccncc6)cc45)[nH]c23)c1. The molecule has 0 saturated heterocycles. The first-order chi connectivity index (χ1) is 15.7. The fourth-order valence-electron chi connectivity index (χ4n) is 3.91. The van der Waals surface area contributed by atoms with E-state index in [-0.39, 0.29) is 5.75 Å².